The van der Waals surface area contributed by atoms with Gasteiger partial charge in [0, 0.05) is 28.1 Å². The predicted molar refractivity (Wildman–Crippen MR) is 175 cm³/mol. The minimum Gasteiger partial charge on any atom is -0.469 e. The molecule has 2 aromatic carbocycles. The summed E-state index contributed by atoms with van der Waals surface area (Å²) < 4.78 is 11.7. The Labute approximate surface area is 269 Å². The largest absolute Gasteiger partial charge is 0.469 e. The standard InChI is InChI=1S/C15H17ClN4O2.C15H14ClN3O.2CH4/c1-8-9(2)18-15(16)19-14(8)22-10(3)11-4-6-12(7-5-11)13(17)20-21;1-9-10(2)18-15(16)19-14(9)20-11(3)13-6-4-12(8-17)5-7-13;;/h4-7,10,21H,1-3H3,(H2,17,20);4-7,11H,1-3H3;2*1H4/t10-;11-;;/m00../s1. The SMILES string of the molecule is C.C.Cc1nc(Cl)nc(O[C@@H](C)c2ccc(/C(N)=N/O)cc2)c1C.Cc1nc(Cl)nc(O[C@@H](C)c2ccc(C#N)cc2)c1C. The molecule has 0 radical (unpaired) electrons. The van der Waals surface area contributed by atoms with Gasteiger partial charge in [0.2, 0.25) is 22.3 Å². The summed E-state index contributed by atoms with van der Waals surface area (Å²) in [7, 11) is 0. The molecule has 0 aliphatic rings. The third-order valence-electron chi connectivity index (χ3n) is 6.50. The van der Waals surface area contributed by atoms with Gasteiger partial charge in [-0.2, -0.15) is 15.2 Å². The normalized spacial score (nSPS) is 11.8. The molecule has 0 saturated carbocycles. The van der Waals surface area contributed by atoms with E-state index in [9.17, 15) is 0 Å². The van der Waals surface area contributed by atoms with Gasteiger partial charge in [0.1, 0.15) is 12.2 Å². The highest BCUT2D eigenvalue weighted by Crippen LogP contribution is 2.27. The maximum absolute atomic E-state index is 8.79. The number of nitrogens with zero attached hydrogens (tertiary/aromatic N) is 6. The second kappa shape index (κ2) is 17.0. The first-order chi connectivity index (χ1) is 19.9. The van der Waals surface area contributed by atoms with Crippen molar-refractivity contribution >= 4 is 29.0 Å². The molecule has 4 rings (SSSR count). The molecule has 2 aromatic heterocycles. The molecule has 0 saturated heterocycles. The van der Waals surface area contributed by atoms with E-state index in [1.807, 2.05) is 65.8 Å². The van der Waals surface area contributed by atoms with E-state index in [1.54, 1.807) is 24.3 Å². The second-order valence-electron chi connectivity index (χ2n) is 9.38. The van der Waals surface area contributed by atoms with E-state index in [0.717, 1.165) is 33.6 Å². The molecule has 2 atom stereocenters. The Morgan fingerprint density at radius 1 is 0.773 bits per heavy atom. The van der Waals surface area contributed by atoms with Crippen LogP contribution in [0.15, 0.2) is 53.7 Å². The lowest BCUT2D eigenvalue weighted by Gasteiger charge is -2.17. The third-order valence-corrected chi connectivity index (χ3v) is 6.84. The molecule has 12 heteroatoms. The molecule has 10 nitrogen and oxygen atoms in total. The average Bonchev–Trinajstić information content (AvgIpc) is 2.98. The van der Waals surface area contributed by atoms with Crippen LogP contribution in [-0.2, 0) is 0 Å². The van der Waals surface area contributed by atoms with Gasteiger partial charge in [-0.05, 0) is 88.0 Å². The molecular formula is C32H39Cl2N7O3. The summed E-state index contributed by atoms with van der Waals surface area (Å²) in [5.74, 6) is 1.01. The first kappa shape index (κ1) is 37.6. The van der Waals surface area contributed by atoms with Gasteiger partial charge in [-0.3, -0.25) is 0 Å². The van der Waals surface area contributed by atoms with Crippen molar-refractivity contribution in [2.45, 2.75) is 68.6 Å². The molecule has 3 N–H and O–H groups in total. The van der Waals surface area contributed by atoms with Crippen LogP contribution in [0.5, 0.6) is 11.8 Å². The number of hydrogen-bond acceptors (Lipinski definition) is 9. The molecule has 0 aliphatic heterocycles. The highest BCUT2D eigenvalue weighted by atomic mass is 35.5. The van der Waals surface area contributed by atoms with E-state index in [4.69, 9.17) is 48.9 Å². The lowest BCUT2D eigenvalue weighted by molar-refractivity contribution is 0.215. The van der Waals surface area contributed by atoms with E-state index in [2.05, 4.69) is 31.2 Å². The van der Waals surface area contributed by atoms with Gasteiger partial charge < -0.3 is 20.4 Å². The summed E-state index contributed by atoms with van der Waals surface area (Å²) in [6.45, 7) is 11.3. The molecule has 2 heterocycles. The van der Waals surface area contributed by atoms with Crippen LogP contribution >= 0.6 is 23.2 Å². The van der Waals surface area contributed by atoms with Crippen molar-refractivity contribution in [1.82, 2.24) is 19.9 Å². The summed E-state index contributed by atoms with van der Waals surface area (Å²) in [5, 5.41) is 20.7. The van der Waals surface area contributed by atoms with Gasteiger partial charge in [-0.15, -0.1) is 0 Å². The van der Waals surface area contributed by atoms with Crippen LogP contribution in [-0.4, -0.2) is 31.0 Å². The minimum atomic E-state index is -0.231. The molecular weight excluding hydrogens is 601 g/mol. The summed E-state index contributed by atoms with van der Waals surface area (Å²) >= 11 is 11.7. The van der Waals surface area contributed by atoms with Crippen LogP contribution in [0.2, 0.25) is 10.6 Å². The van der Waals surface area contributed by atoms with Crippen molar-refractivity contribution in [3.05, 3.63) is 104 Å². The van der Waals surface area contributed by atoms with Gasteiger partial charge in [-0.25, -0.2) is 9.97 Å². The molecule has 0 spiro atoms. The van der Waals surface area contributed by atoms with E-state index < -0.39 is 0 Å². The van der Waals surface area contributed by atoms with Gasteiger partial charge in [0.15, 0.2) is 5.84 Å². The summed E-state index contributed by atoms with van der Waals surface area (Å²) in [5.41, 5.74) is 12.0. The van der Waals surface area contributed by atoms with Gasteiger partial charge in [-0.1, -0.05) is 56.4 Å². The van der Waals surface area contributed by atoms with Gasteiger partial charge in [0.25, 0.3) is 0 Å². The van der Waals surface area contributed by atoms with Crippen LogP contribution < -0.4 is 15.2 Å². The van der Waals surface area contributed by atoms with Crippen LogP contribution in [0.1, 0.15) is 85.7 Å². The fraction of sp³-hybridized carbons (Fsp3) is 0.312. The lowest BCUT2D eigenvalue weighted by atomic mass is 10.1. The quantitative estimate of drug-likeness (QED) is 0.0672. The van der Waals surface area contributed by atoms with Crippen molar-refractivity contribution in [3.63, 3.8) is 0 Å². The molecule has 0 fully saturated rings. The van der Waals surface area contributed by atoms with Gasteiger partial charge in [0.05, 0.1) is 11.6 Å². The highest BCUT2D eigenvalue weighted by molar-refractivity contribution is 6.28. The minimum absolute atomic E-state index is 0. The van der Waals surface area contributed by atoms with Crippen molar-refractivity contribution in [1.29, 1.82) is 5.26 Å². The number of hydrogen-bond donors (Lipinski definition) is 2. The molecule has 0 unspecified atom stereocenters. The molecule has 4 aromatic rings. The Morgan fingerprint density at radius 3 is 1.52 bits per heavy atom. The van der Waals surface area contributed by atoms with Crippen LogP contribution in [0.3, 0.4) is 0 Å². The molecule has 0 bridgehead atoms. The molecule has 0 amide bonds. The number of ether oxygens (including phenoxy) is 2. The number of amidine groups is 1. The Balaban J connectivity index is 0.000000422. The van der Waals surface area contributed by atoms with Crippen LogP contribution in [0.25, 0.3) is 0 Å². The zero-order valence-electron chi connectivity index (χ0n) is 24.1. The Bertz CT molecular complexity index is 1610. The number of nitriles is 1. The Morgan fingerprint density at radius 2 is 1.16 bits per heavy atom. The maximum atomic E-state index is 8.79. The zero-order valence-corrected chi connectivity index (χ0v) is 25.6. The van der Waals surface area contributed by atoms with E-state index >= 15 is 0 Å². The van der Waals surface area contributed by atoms with Crippen molar-refractivity contribution in [3.8, 4) is 17.8 Å². The number of halogens is 2. The van der Waals surface area contributed by atoms with Gasteiger partial charge >= 0.3 is 0 Å². The average molecular weight is 641 g/mol. The van der Waals surface area contributed by atoms with E-state index in [1.165, 1.54) is 0 Å². The lowest BCUT2D eigenvalue weighted by Crippen LogP contribution is -2.13. The topological polar surface area (TPSA) is 152 Å². The number of benzene rings is 2. The number of aryl methyl sites for hydroxylation is 2. The number of rotatable bonds is 7. The first-order valence-corrected chi connectivity index (χ1v) is 13.6. The molecule has 44 heavy (non-hydrogen) atoms. The van der Waals surface area contributed by atoms with Crippen molar-refractivity contribution in [2.75, 3.05) is 0 Å². The van der Waals surface area contributed by atoms with Crippen molar-refractivity contribution in [2.24, 2.45) is 10.9 Å². The number of nitrogens with two attached hydrogens (primary N) is 1. The fourth-order valence-corrected chi connectivity index (χ4v) is 4.06. The fourth-order valence-electron chi connectivity index (χ4n) is 3.65. The molecule has 234 valence electrons. The number of oxime groups is 1. The number of aromatic nitrogens is 4. The van der Waals surface area contributed by atoms with Crippen LogP contribution in [0.4, 0.5) is 0 Å². The predicted octanol–water partition coefficient (Wildman–Crippen LogP) is 8.01. The second-order valence-corrected chi connectivity index (χ2v) is 10.1. The van der Waals surface area contributed by atoms with Crippen LogP contribution in [0, 0.1) is 39.0 Å². The van der Waals surface area contributed by atoms with E-state index in [0.29, 0.717) is 22.9 Å². The summed E-state index contributed by atoms with van der Waals surface area (Å²) in [4.78, 5) is 16.4. The summed E-state index contributed by atoms with van der Waals surface area (Å²) in [6, 6.07) is 16.6. The smallest absolute Gasteiger partial charge is 0.225 e. The summed E-state index contributed by atoms with van der Waals surface area (Å²) in [6.07, 6.45) is -0.419. The highest BCUT2D eigenvalue weighted by Gasteiger charge is 2.15. The monoisotopic (exact) mass is 639 g/mol. The Hall–Kier alpha value is -4.46. The zero-order chi connectivity index (χ0) is 31.0. The third kappa shape index (κ3) is 9.79. The van der Waals surface area contributed by atoms with E-state index in [-0.39, 0.29) is 43.5 Å². The Kier molecular flexibility index (Phi) is 14.5. The molecule has 0 aliphatic carbocycles. The maximum Gasteiger partial charge on any atom is 0.225 e. The first-order valence-electron chi connectivity index (χ1n) is 12.9. The van der Waals surface area contributed by atoms with Crippen molar-refractivity contribution < 1.29 is 14.7 Å².